The first-order chi connectivity index (χ1) is 8.40. The molecular formula is C13H9BrF2O2. The van der Waals surface area contributed by atoms with E-state index in [1.165, 1.54) is 6.07 Å². The molecule has 0 saturated heterocycles. The van der Waals surface area contributed by atoms with Crippen molar-refractivity contribution in [2.75, 3.05) is 0 Å². The van der Waals surface area contributed by atoms with Crippen molar-refractivity contribution in [3.8, 4) is 0 Å². The van der Waals surface area contributed by atoms with Gasteiger partial charge in [0.05, 0.1) is 15.6 Å². The molecule has 2 rings (SSSR count). The first-order valence-electron chi connectivity index (χ1n) is 5.16. The zero-order chi connectivity index (χ0) is 13.4. The summed E-state index contributed by atoms with van der Waals surface area (Å²) < 4.78 is 32.2. The molecule has 1 aromatic heterocycles. The molecule has 94 valence electrons. The molecule has 2 aromatic rings. The number of halogens is 3. The van der Waals surface area contributed by atoms with Gasteiger partial charge in [-0.25, -0.2) is 8.78 Å². The van der Waals surface area contributed by atoms with E-state index in [0.717, 1.165) is 12.1 Å². The molecule has 0 aliphatic carbocycles. The van der Waals surface area contributed by atoms with E-state index in [9.17, 15) is 13.6 Å². The Morgan fingerprint density at radius 2 is 1.78 bits per heavy atom. The second kappa shape index (κ2) is 4.65. The molecule has 0 radical (unpaired) electrons. The van der Waals surface area contributed by atoms with Gasteiger partial charge >= 0.3 is 0 Å². The van der Waals surface area contributed by atoms with Crippen LogP contribution in [0.25, 0.3) is 0 Å². The van der Waals surface area contributed by atoms with Gasteiger partial charge in [0.2, 0.25) is 0 Å². The molecule has 1 heterocycles. The van der Waals surface area contributed by atoms with Gasteiger partial charge in [0.25, 0.3) is 0 Å². The Bertz CT molecular complexity index is 632. The van der Waals surface area contributed by atoms with Crippen molar-refractivity contribution >= 4 is 21.7 Å². The molecule has 0 atom stereocenters. The third-order valence-corrected chi connectivity index (χ3v) is 3.15. The minimum Gasteiger partial charge on any atom is -0.466 e. The number of benzene rings is 1. The Hall–Kier alpha value is -1.49. The molecule has 0 fully saturated rings. The van der Waals surface area contributed by atoms with Crippen LogP contribution < -0.4 is 0 Å². The fraction of sp³-hybridized carbons (Fsp3) is 0.154. The van der Waals surface area contributed by atoms with Gasteiger partial charge in [-0.1, -0.05) is 0 Å². The van der Waals surface area contributed by atoms with Crippen molar-refractivity contribution < 1.29 is 18.0 Å². The van der Waals surface area contributed by atoms with E-state index < -0.39 is 17.4 Å². The lowest BCUT2D eigenvalue weighted by Gasteiger charge is -2.03. The van der Waals surface area contributed by atoms with E-state index in [1.807, 2.05) is 0 Å². The molecule has 1 aromatic carbocycles. The van der Waals surface area contributed by atoms with Crippen molar-refractivity contribution in [1.82, 2.24) is 0 Å². The Morgan fingerprint density at radius 1 is 1.11 bits per heavy atom. The van der Waals surface area contributed by atoms with Crippen LogP contribution in [0.1, 0.15) is 27.4 Å². The molecule has 0 aliphatic rings. The van der Waals surface area contributed by atoms with Gasteiger partial charge in [0.1, 0.15) is 23.2 Å². The van der Waals surface area contributed by atoms with Crippen LogP contribution in [-0.4, -0.2) is 5.78 Å². The number of furan rings is 1. The lowest BCUT2D eigenvalue weighted by molar-refractivity contribution is 0.103. The largest absolute Gasteiger partial charge is 0.466 e. The molecular weight excluding hydrogens is 306 g/mol. The Morgan fingerprint density at radius 3 is 2.33 bits per heavy atom. The van der Waals surface area contributed by atoms with Crippen LogP contribution >= 0.6 is 15.9 Å². The number of aryl methyl sites for hydroxylation is 2. The van der Waals surface area contributed by atoms with Crippen LogP contribution in [0.2, 0.25) is 0 Å². The van der Waals surface area contributed by atoms with E-state index in [2.05, 4.69) is 15.9 Å². The molecule has 0 unspecified atom stereocenters. The number of carbonyl (C=O) groups excluding carboxylic acids is 1. The summed E-state index contributed by atoms with van der Waals surface area (Å²) in [6.07, 6.45) is 0. The summed E-state index contributed by atoms with van der Waals surface area (Å²) in [5.41, 5.74) is -0.0623. The summed E-state index contributed by atoms with van der Waals surface area (Å²) in [6.45, 7) is 3.29. The predicted octanol–water partition coefficient (Wildman–Crippen LogP) is 4.17. The molecule has 0 bridgehead atoms. The molecule has 5 heteroatoms. The normalized spacial score (nSPS) is 10.7. The highest BCUT2D eigenvalue weighted by molar-refractivity contribution is 9.10. The van der Waals surface area contributed by atoms with Gasteiger partial charge in [-0.15, -0.1) is 0 Å². The average Bonchev–Trinajstić information content (AvgIpc) is 2.62. The van der Waals surface area contributed by atoms with Crippen molar-refractivity contribution in [2.24, 2.45) is 0 Å². The van der Waals surface area contributed by atoms with Crippen LogP contribution in [0.5, 0.6) is 0 Å². The quantitative estimate of drug-likeness (QED) is 0.615. The monoisotopic (exact) mass is 314 g/mol. The lowest BCUT2D eigenvalue weighted by Crippen LogP contribution is -2.05. The van der Waals surface area contributed by atoms with Crippen molar-refractivity contribution in [2.45, 2.75) is 13.8 Å². The molecule has 0 aliphatic heterocycles. The number of ketones is 1. The topological polar surface area (TPSA) is 30.2 Å². The van der Waals surface area contributed by atoms with Crippen LogP contribution in [-0.2, 0) is 0 Å². The fourth-order valence-corrected chi connectivity index (χ4v) is 2.01. The average molecular weight is 315 g/mol. The maximum atomic E-state index is 13.7. The minimum atomic E-state index is -0.772. The SMILES string of the molecule is Cc1cc(C(=O)c2cc(F)c(Br)cc2F)c(C)o1. The Kier molecular flexibility index (Phi) is 3.34. The molecule has 0 N–H and O–H groups in total. The first kappa shape index (κ1) is 13.0. The molecule has 2 nitrogen and oxygen atoms in total. The zero-order valence-electron chi connectivity index (χ0n) is 9.68. The van der Waals surface area contributed by atoms with Crippen LogP contribution in [0, 0.1) is 25.5 Å². The van der Waals surface area contributed by atoms with Gasteiger partial charge in [-0.2, -0.15) is 0 Å². The number of rotatable bonds is 2. The van der Waals surface area contributed by atoms with E-state index in [0.29, 0.717) is 11.5 Å². The highest BCUT2D eigenvalue weighted by Crippen LogP contribution is 2.24. The van der Waals surface area contributed by atoms with Crippen LogP contribution in [0.4, 0.5) is 8.78 Å². The standard InChI is InChI=1S/C13H9BrF2O2/c1-6-3-8(7(2)18-6)13(17)9-4-12(16)10(14)5-11(9)15/h3-5H,1-2H3. The predicted molar refractivity (Wildman–Crippen MR) is 65.7 cm³/mol. The Balaban J connectivity index is 2.53. The van der Waals surface area contributed by atoms with E-state index in [4.69, 9.17) is 4.42 Å². The number of hydrogen-bond acceptors (Lipinski definition) is 2. The van der Waals surface area contributed by atoms with E-state index >= 15 is 0 Å². The summed E-state index contributed by atoms with van der Waals surface area (Å²) in [6, 6.07) is 3.32. The fourth-order valence-electron chi connectivity index (χ4n) is 1.70. The summed E-state index contributed by atoms with van der Waals surface area (Å²) >= 11 is 2.86. The third kappa shape index (κ3) is 2.22. The number of hydrogen-bond donors (Lipinski definition) is 0. The lowest BCUT2D eigenvalue weighted by atomic mass is 10.0. The smallest absolute Gasteiger partial charge is 0.199 e. The highest BCUT2D eigenvalue weighted by Gasteiger charge is 2.20. The molecule has 0 amide bonds. The summed E-state index contributed by atoms with van der Waals surface area (Å²) in [7, 11) is 0. The highest BCUT2D eigenvalue weighted by atomic mass is 79.9. The van der Waals surface area contributed by atoms with Gasteiger partial charge in [-0.05, 0) is 48.0 Å². The molecule has 0 saturated carbocycles. The van der Waals surface area contributed by atoms with Gasteiger partial charge in [0, 0.05) is 0 Å². The first-order valence-corrected chi connectivity index (χ1v) is 5.95. The van der Waals surface area contributed by atoms with Crippen LogP contribution in [0.15, 0.2) is 27.1 Å². The van der Waals surface area contributed by atoms with Gasteiger partial charge in [-0.3, -0.25) is 4.79 Å². The van der Waals surface area contributed by atoms with Gasteiger partial charge in [0.15, 0.2) is 5.78 Å². The van der Waals surface area contributed by atoms with Crippen molar-refractivity contribution in [3.05, 3.63) is 57.0 Å². The minimum absolute atomic E-state index is 0.0170. The second-order valence-corrected chi connectivity index (χ2v) is 4.76. The van der Waals surface area contributed by atoms with Gasteiger partial charge < -0.3 is 4.42 Å². The number of carbonyl (C=O) groups is 1. The molecule has 18 heavy (non-hydrogen) atoms. The summed E-state index contributed by atoms with van der Waals surface area (Å²) in [5, 5.41) is 0. The summed E-state index contributed by atoms with van der Waals surface area (Å²) in [4.78, 5) is 12.1. The summed E-state index contributed by atoms with van der Waals surface area (Å²) in [5.74, 6) is -1.11. The third-order valence-electron chi connectivity index (χ3n) is 2.54. The second-order valence-electron chi connectivity index (χ2n) is 3.90. The van der Waals surface area contributed by atoms with E-state index in [-0.39, 0.29) is 15.6 Å². The van der Waals surface area contributed by atoms with Crippen LogP contribution in [0.3, 0.4) is 0 Å². The zero-order valence-corrected chi connectivity index (χ0v) is 11.3. The van der Waals surface area contributed by atoms with E-state index in [1.54, 1.807) is 13.8 Å². The maximum Gasteiger partial charge on any atom is 0.199 e. The Labute approximate surface area is 111 Å². The van der Waals surface area contributed by atoms with Crippen molar-refractivity contribution in [3.63, 3.8) is 0 Å². The maximum absolute atomic E-state index is 13.7. The van der Waals surface area contributed by atoms with Crippen molar-refractivity contribution in [1.29, 1.82) is 0 Å². The molecule has 0 spiro atoms.